The van der Waals surface area contributed by atoms with Crippen LogP contribution in [0.1, 0.15) is 18.9 Å². The number of hydrogen-bond donors (Lipinski definition) is 1. The Bertz CT molecular complexity index is 675. The predicted octanol–water partition coefficient (Wildman–Crippen LogP) is 4.00. The maximum atomic E-state index is 12.2. The molecule has 1 amide bonds. The van der Waals surface area contributed by atoms with Gasteiger partial charge in [0.25, 0.3) is 5.91 Å². The van der Waals surface area contributed by atoms with E-state index in [9.17, 15) is 4.79 Å². The minimum Gasteiger partial charge on any atom is -0.491 e. The summed E-state index contributed by atoms with van der Waals surface area (Å²) in [5.74, 6) is 1.25. The summed E-state index contributed by atoms with van der Waals surface area (Å²) in [6, 6.07) is 14.8. The third kappa shape index (κ3) is 5.46. The number of benzene rings is 2. The van der Waals surface area contributed by atoms with Gasteiger partial charge in [0, 0.05) is 5.02 Å². The second-order valence-electron chi connectivity index (χ2n) is 5.38. The van der Waals surface area contributed by atoms with Crippen molar-refractivity contribution in [2.24, 2.45) is 0 Å². The Kier molecular flexibility index (Phi) is 6.94. The maximum absolute atomic E-state index is 12.2. The third-order valence-electron chi connectivity index (χ3n) is 3.49. The van der Waals surface area contributed by atoms with Crippen LogP contribution in [0, 0.1) is 6.92 Å². The molecule has 1 N–H and O–H groups in total. The molecule has 5 heteroatoms. The average Bonchev–Trinajstić information content (AvgIpc) is 2.58. The summed E-state index contributed by atoms with van der Waals surface area (Å²) in [7, 11) is 0. The Morgan fingerprint density at radius 3 is 2.71 bits per heavy atom. The van der Waals surface area contributed by atoms with Crippen molar-refractivity contribution in [2.75, 3.05) is 13.2 Å². The summed E-state index contributed by atoms with van der Waals surface area (Å²) in [6.45, 7) is 4.71. The van der Waals surface area contributed by atoms with Gasteiger partial charge in [-0.2, -0.15) is 0 Å². The molecule has 0 radical (unpaired) electrons. The molecule has 0 fully saturated rings. The van der Waals surface area contributed by atoms with E-state index in [0.29, 0.717) is 30.3 Å². The van der Waals surface area contributed by atoms with Crippen LogP contribution in [0.3, 0.4) is 0 Å². The second kappa shape index (κ2) is 9.18. The average molecular weight is 348 g/mol. The monoisotopic (exact) mass is 347 g/mol. The Balaban J connectivity index is 1.78. The van der Waals surface area contributed by atoms with Crippen LogP contribution in [0.25, 0.3) is 0 Å². The van der Waals surface area contributed by atoms with Crippen LogP contribution in [0.15, 0.2) is 48.5 Å². The number of ether oxygens (including phenoxy) is 2. The molecule has 0 heterocycles. The summed E-state index contributed by atoms with van der Waals surface area (Å²) >= 11 is 5.93. The zero-order chi connectivity index (χ0) is 17.4. The molecule has 2 aromatic carbocycles. The number of carbonyl (C=O) groups excluding carboxylic acids is 1. The lowest BCUT2D eigenvalue weighted by Gasteiger charge is -2.17. The van der Waals surface area contributed by atoms with Crippen molar-refractivity contribution in [2.45, 2.75) is 26.4 Å². The lowest BCUT2D eigenvalue weighted by Crippen LogP contribution is -2.39. The molecular weight excluding hydrogens is 326 g/mol. The number of rotatable bonds is 8. The van der Waals surface area contributed by atoms with E-state index in [2.05, 4.69) is 5.32 Å². The van der Waals surface area contributed by atoms with Crippen molar-refractivity contribution < 1.29 is 14.3 Å². The molecule has 4 nitrogen and oxygen atoms in total. The maximum Gasteiger partial charge on any atom is 0.261 e. The van der Waals surface area contributed by atoms with E-state index >= 15 is 0 Å². The van der Waals surface area contributed by atoms with Gasteiger partial charge in [-0.1, -0.05) is 42.8 Å². The molecule has 1 atom stereocenters. The van der Waals surface area contributed by atoms with Gasteiger partial charge >= 0.3 is 0 Å². The van der Waals surface area contributed by atoms with E-state index in [1.165, 1.54) is 0 Å². The lowest BCUT2D eigenvalue weighted by molar-refractivity contribution is -0.128. The molecule has 0 saturated heterocycles. The minimum atomic E-state index is -0.554. The van der Waals surface area contributed by atoms with Crippen molar-refractivity contribution in [3.8, 4) is 11.5 Å². The van der Waals surface area contributed by atoms with Gasteiger partial charge in [0.1, 0.15) is 18.1 Å². The van der Waals surface area contributed by atoms with E-state index in [1.54, 1.807) is 24.3 Å². The molecule has 0 aliphatic rings. The first-order chi connectivity index (χ1) is 11.6. The molecule has 0 aliphatic heterocycles. The van der Waals surface area contributed by atoms with Crippen LogP contribution in [-0.2, 0) is 4.79 Å². The molecule has 0 aromatic heterocycles. The Morgan fingerprint density at radius 1 is 1.21 bits per heavy atom. The number of hydrogen-bond acceptors (Lipinski definition) is 3. The third-order valence-corrected chi connectivity index (χ3v) is 3.73. The molecule has 0 aliphatic carbocycles. The number of aryl methyl sites for hydroxylation is 1. The van der Waals surface area contributed by atoms with Crippen LogP contribution >= 0.6 is 11.6 Å². The highest BCUT2D eigenvalue weighted by molar-refractivity contribution is 6.30. The van der Waals surface area contributed by atoms with Crippen LogP contribution in [0.2, 0.25) is 5.02 Å². The molecule has 0 bridgehead atoms. The number of amides is 1. The van der Waals surface area contributed by atoms with Gasteiger partial charge in [0.15, 0.2) is 6.10 Å². The highest BCUT2D eigenvalue weighted by Gasteiger charge is 2.18. The smallest absolute Gasteiger partial charge is 0.261 e. The summed E-state index contributed by atoms with van der Waals surface area (Å²) in [5.41, 5.74) is 1.07. The summed E-state index contributed by atoms with van der Waals surface area (Å²) in [5, 5.41) is 3.41. The first-order valence-corrected chi connectivity index (χ1v) is 8.36. The fourth-order valence-electron chi connectivity index (χ4n) is 2.19. The minimum absolute atomic E-state index is 0.161. The van der Waals surface area contributed by atoms with Gasteiger partial charge in [-0.15, -0.1) is 0 Å². The number of nitrogens with one attached hydrogen (secondary N) is 1. The van der Waals surface area contributed by atoms with Crippen molar-refractivity contribution in [1.82, 2.24) is 5.32 Å². The van der Waals surface area contributed by atoms with Gasteiger partial charge < -0.3 is 14.8 Å². The standard InChI is InChI=1S/C19H22ClNO3/c1-3-17(24-16-9-6-8-15(20)13-16)19(22)21-11-12-23-18-10-5-4-7-14(18)2/h4-10,13,17H,3,11-12H2,1-2H3,(H,21,22)/t17-/m0/s1. The normalized spacial score (nSPS) is 11.6. The van der Waals surface area contributed by atoms with Gasteiger partial charge in [0.05, 0.1) is 6.54 Å². The van der Waals surface area contributed by atoms with E-state index in [4.69, 9.17) is 21.1 Å². The van der Waals surface area contributed by atoms with E-state index in [-0.39, 0.29) is 5.91 Å². The zero-order valence-electron chi connectivity index (χ0n) is 13.9. The van der Waals surface area contributed by atoms with Gasteiger partial charge in [0.2, 0.25) is 0 Å². The van der Waals surface area contributed by atoms with Crippen molar-refractivity contribution in [3.05, 3.63) is 59.1 Å². The quantitative estimate of drug-likeness (QED) is 0.734. The van der Waals surface area contributed by atoms with Crippen LogP contribution in [0.5, 0.6) is 11.5 Å². The molecule has 0 spiro atoms. The Morgan fingerprint density at radius 2 is 2.00 bits per heavy atom. The van der Waals surface area contributed by atoms with Gasteiger partial charge in [-0.3, -0.25) is 4.79 Å². The van der Waals surface area contributed by atoms with E-state index in [0.717, 1.165) is 11.3 Å². The van der Waals surface area contributed by atoms with Crippen LogP contribution < -0.4 is 14.8 Å². The highest BCUT2D eigenvalue weighted by atomic mass is 35.5. The van der Waals surface area contributed by atoms with Crippen molar-refractivity contribution in [3.63, 3.8) is 0 Å². The van der Waals surface area contributed by atoms with E-state index in [1.807, 2.05) is 38.1 Å². The lowest BCUT2D eigenvalue weighted by atomic mass is 10.2. The molecular formula is C19H22ClNO3. The fourth-order valence-corrected chi connectivity index (χ4v) is 2.37. The summed E-state index contributed by atoms with van der Waals surface area (Å²) < 4.78 is 11.4. The SMILES string of the molecule is CC[C@H](Oc1cccc(Cl)c1)C(=O)NCCOc1ccccc1C. The first kappa shape index (κ1) is 18.1. The predicted molar refractivity (Wildman–Crippen MR) is 95.8 cm³/mol. The Labute approximate surface area is 147 Å². The second-order valence-corrected chi connectivity index (χ2v) is 5.81. The highest BCUT2D eigenvalue weighted by Crippen LogP contribution is 2.19. The molecule has 128 valence electrons. The zero-order valence-corrected chi connectivity index (χ0v) is 14.7. The topological polar surface area (TPSA) is 47.6 Å². The molecule has 0 unspecified atom stereocenters. The van der Waals surface area contributed by atoms with E-state index < -0.39 is 6.10 Å². The molecule has 2 aromatic rings. The number of halogens is 1. The fraction of sp³-hybridized carbons (Fsp3) is 0.316. The summed E-state index contributed by atoms with van der Waals surface area (Å²) in [6.07, 6.45) is 0.0127. The van der Waals surface area contributed by atoms with Crippen molar-refractivity contribution >= 4 is 17.5 Å². The Hall–Kier alpha value is -2.20. The molecule has 24 heavy (non-hydrogen) atoms. The molecule has 0 saturated carbocycles. The van der Waals surface area contributed by atoms with Crippen molar-refractivity contribution in [1.29, 1.82) is 0 Å². The largest absolute Gasteiger partial charge is 0.491 e. The number of carbonyl (C=O) groups is 1. The first-order valence-electron chi connectivity index (χ1n) is 7.98. The summed E-state index contributed by atoms with van der Waals surface area (Å²) in [4.78, 5) is 12.2. The molecule has 2 rings (SSSR count). The van der Waals surface area contributed by atoms with Crippen LogP contribution in [-0.4, -0.2) is 25.2 Å². The van der Waals surface area contributed by atoms with Crippen LogP contribution in [0.4, 0.5) is 0 Å². The number of para-hydroxylation sites is 1. The van der Waals surface area contributed by atoms with Gasteiger partial charge in [-0.05, 0) is 43.2 Å². The van der Waals surface area contributed by atoms with Gasteiger partial charge in [-0.25, -0.2) is 0 Å².